The van der Waals surface area contributed by atoms with E-state index in [1.165, 1.54) is 16.6 Å². The number of nitrogens with two attached hydrogens (primary N) is 1. The fraction of sp³-hybridized carbons (Fsp3) is 0.385. The zero-order chi connectivity index (χ0) is 12.0. The Hall–Kier alpha value is -1.36. The number of aromatic nitrogens is 1. The summed E-state index contributed by atoms with van der Waals surface area (Å²) >= 11 is 0. The van der Waals surface area contributed by atoms with Crippen LogP contribution in [-0.4, -0.2) is 16.3 Å². The minimum absolute atomic E-state index is 0.0194. The van der Waals surface area contributed by atoms with E-state index in [1.54, 1.807) is 0 Å². The molecule has 0 spiro atoms. The molecular weight excluding hydrogens is 214 g/mol. The summed E-state index contributed by atoms with van der Waals surface area (Å²) < 4.78 is 2.08. The highest BCUT2D eigenvalue weighted by Crippen LogP contribution is 2.29. The first-order chi connectivity index (χ1) is 8.20. The van der Waals surface area contributed by atoms with E-state index in [0.29, 0.717) is 0 Å². The fourth-order valence-corrected chi connectivity index (χ4v) is 2.60. The highest BCUT2D eigenvalue weighted by atomic mass is 16.3. The van der Waals surface area contributed by atoms with Crippen molar-refractivity contribution in [2.75, 3.05) is 6.61 Å². The number of benzene rings is 1. The van der Waals surface area contributed by atoms with Crippen LogP contribution in [-0.2, 0) is 20.1 Å². The van der Waals surface area contributed by atoms with Crippen LogP contribution in [0.2, 0.25) is 0 Å². The minimum Gasteiger partial charge on any atom is -0.394 e. The van der Waals surface area contributed by atoms with Gasteiger partial charge in [0.2, 0.25) is 0 Å². The average molecular weight is 231 g/mol. The molecule has 0 saturated heterocycles. The van der Waals surface area contributed by atoms with E-state index < -0.39 is 0 Å². The summed E-state index contributed by atoms with van der Waals surface area (Å²) in [5, 5.41) is 13.7. The van der Waals surface area contributed by atoms with Gasteiger partial charge in [0.1, 0.15) is 0 Å². The number of hydrogen-bond acceptors (Lipinski definition) is 3. The summed E-state index contributed by atoms with van der Waals surface area (Å²) in [7, 11) is 2.02. The second-order valence-electron chi connectivity index (χ2n) is 4.73. The van der Waals surface area contributed by atoms with Crippen LogP contribution in [0.5, 0.6) is 0 Å². The van der Waals surface area contributed by atoms with Crippen molar-refractivity contribution >= 4 is 10.9 Å². The second-order valence-corrected chi connectivity index (χ2v) is 4.73. The fourth-order valence-electron chi connectivity index (χ4n) is 2.60. The number of aliphatic hydroxyl groups excluding tert-OH is 1. The molecule has 0 bridgehead atoms. The van der Waals surface area contributed by atoms with E-state index in [9.17, 15) is 5.11 Å². The largest absolute Gasteiger partial charge is 0.394 e. The third-order valence-corrected chi connectivity index (χ3v) is 3.57. The van der Waals surface area contributed by atoms with Crippen molar-refractivity contribution in [3.8, 4) is 0 Å². The van der Waals surface area contributed by atoms with Gasteiger partial charge in [-0.15, -0.1) is 0 Å². The molecule has 1 aliphatic heterocycles. The molecule has 0 radical (unpaired) electrons. The van der Waals surface area contributed by atoms with Gasteiger partial charge in [0.05, 0.1) is 12.6 Å². The molecule has 90 valence electrons. The Morgan fingerprint density at radius 3 is 2.82 bits per heavy atom. The summed E-state index contributed by atoms with van der Waals surface area (Å²) in [6, 6.07) is 4.12. The number of fused-ring (bicyclic) bond motifs is 2. The number of aryl methyl sites for hydroxylation is 1. The lowest BCUT2D eigenvalue weighted by molar-refractivity contribution is 0.268. The molecule has 1 atom stereocenters. The Morgan fingerprint density at radius 1 is 1.41 bits per heavy atom. The van der Waals surface area contributed by atoms with Gasteiger partial charge in [-0.25, -0.2) is 0 Å². The molecule has 1 aliphatic rings. The van der Waals surface area contributed by atoms with Gasteiger partial charge >= 0.3 is 0 Å². The molecule has 1 aromatic heterocycles. The molecule has 3 rings (SSSR count). The Labute approximate surface area is 100 Å². The lowest BCUT2D eigenvalue weighted by Gasteiger charge is -2.07. The second kappa shape index (κ2) is 3.84. The molecule has 2 heterocycles. The molecule has 4 nitrogen and oxygen atoms in total. The SMILES string of the molecule is Cn1cc(C(N)CO)c2cc3c(cc21)CNC3. The van der Waals surface area contributed by atoms with Crippen molar-refractivity contribution < 1.29 is 5.11 Å². The first kappa shape index (κ1) is 10.8. The first-order valence-electron chi connectivity index (χ1n) is 5.88. The van der Waals surface area contributed by atoms with Crippen molar-refractivity contribution in [3.05, 3.63) is 35.0 Å². The summed E-state index contributed by atoms with van der Waals surface area (Å²) in [5.74, 6) is 0. The van der Waals surface area contributed by atoms with E-state index in [4.69, 9.17) is 5.73 Å². The Morgan fingerprint density at radius 2 is 2.12 bits per heavy atom. The van der Waals surface area contributed by atoms with E-state index >= 15 is 0 Å². The van der Waals surface area contributed by atoms with E-state index in [1.807, 2.05) is 13.2 Å². The monoisotopic (exact) mass is 231 g/mol. The maximum Gasteiger partial charge on any atom is 0.0625 e. The van der Waals surface area contributed by atoms with Crippen LogP contribution in [0.1, 0.15) is 22.7 Å². The molecule has 0 saturated carbocycles. The number of nitrogens with one attached hydrogen (secondary N) is 1. The van der Waals surface area contributed by atoms with Crippen LogP contribution in [0.4, 0.5) is 0 Å². The number of rotatable bonds is 2. The molecule has 0 fully saturated rings. The topological polar surface area (TPSA) is 63.2 Å². The summed E-state index contributed by atoms with van der Waals surface area (Å²) in [4.78, 5) is 0. The third-order valence-electron chi connectivity index (χ3n) is 3.57. The molecule has 1 aromatic carbocycles. The van der Waals surface area contributed by atoms with Crippen molar-refractivity contribution in [2.24, 2.45) is 12.8 Å². The van der Waals surface area contributed by atoms with Crippen LogP contribution >= 0.6 is 0 Å². The smallest absolute Gasteiger partial charge is 0.0625 e. The standard InChI is InChI=1S/C13H17N3O/c1-16-6-11(12(14)7-17)10-2-8-4-15-5-9(8)3-13(10)16/h2-3,6,12,15,17H,4-5,7,14H2,1H3. The van der Waals surface area contributed by atoms with Crippen molar-refractivity contribution in [1.29, 1.82) is 0 Å². The zero-order valence-electron chi connectivity index (χ0n) is 9.90. The maximum absolute atomic E-state index is 9.20. The van der Waals surface area contributed by atoms with Gasteiger partial charge in [-0.05, 0) is 28.8 Å². The highest BCUT2D eigenvalue weighted by Gasteiger charge is 2.17. The molecule has 0 amide bonds. The summed E-state index contributed by atoms with van der Waals surface area (Å²) in [5.41, 5.74) is 10.9. The van der Waals surface area contributed by atoms with Crippen LogP contribution in [0.15, 0.2) is 18.3 Å². The van der Waals surface area contributed by atoms with E-state index in [-0.39, 0.29) is 12.6 Å². The normalized spacial score (nSPS) is 16.4. The number of nitrogens with zero attached hydrogens (tertiary/aromatic N) is 1. The minimum atomic E-state index is -0.300. The predicted molar refractivity (Wildman–Crippen MR) is 67.5 cm³/mol. The Bertz CT molecular complexity index is 574. The van der Waals surface area contributed by atoms with Crippen LogP contribution in [0.3, 0.4) is 0 Å². The van der Waals surface area contributed by atoms with Gasteiger partial charge in [-0.3, -0.25) is 0 Å². The van der Waals surface area contributed by atoms with Gasteiger partial charge in [0, 0.05) is 37.2 Å². The van der Waals surface area contributed by atoms with Crippen molar-refractivity contribution in [1.82, 2.24) is 9.88 Å². The van der Waals surface area contributed by atoms with Gasteiger partial charge < -0.3 is 20.7 Å². The quantitative estimate of drug-likeness (QED) is 0.715. The molecule has 4 heteroatoms. The molecule has 4 N–H and O–H groups in total. The zero-order valence-corrected chi connectivity index (χ0v) is 9.90. The Balaban J connectivity index is 2.25. The van der Waals surface area contributed by atoms with Crippen LogP contribution in [0.25, 0.3) is 10.9 Å². The van der Waals surface area contributed by atoms with E-state index in [2.05, 4.69) is 22.0 Å². The van der Waals surface area contributed by atoms with Gasteiger partial charge in [-0.2, -0.15) is 0 Å². The molecule has 2 aromatic rings. The molecule has 17 heavy (non-hydrogen) atoms. The van der Waals surface area contributed by atoms with Crippen molar-refractivity contribution in [2.45, 2.75) is 19.1 Å². The van der Waals surface area contributed by atoms with Gasteiger partial charge in [-0.1, -0.05) is 0 Å². The Kier molecular flexibility index (Phi) is 2.43. The van der Waals surface area contributed by atoms with Gasteiger partial charge in [0.15, 0.2) is 0 Å². The summed E-state index contributed by atoms with van der Waals surface area (Å²) in [6.45, 7) is 1.85. The molecular formula is C13H17N3O. The summed E-state index contributed by atoms with van der Waals surface area (Å²) in [6.07, 6.45) is 2.02. The first-order valence-corrected chi connectivity index (χ1v) is 5.88. The third kappa shape index (κ3) is 1.57. The highest BCUT2D eigenvalue weighted by molar-refractivity contribution is 5.86. The maximum atomic E-state index is 9.20. The number of aliphatic hydroxyl groups is 1. The lowest BCUT2D eigenvalue weighted by Crippen LogP contribution is -2.13. The molecule has 1 unspecified atom stereocenters. The average Bonchev–Trinajstić information content (AvgIpc) is 2.91. The molecule has 0 aliphatic carbocycles. The number of hydrogen-bond donors (Lipinski definition) is 3. The van der Waals surface area contributed by atoms with Gasteiger partial charge in [0.25, 0.3) is 0 Å². The predicted octanol–water partition coefficient (Wildman–Crippen LogP) is 0.774. The van der Waals surface area contributed by atoms with Crippen molar-refractivity contribution in [3.63, 3.8) is 0 Å². The lowest BCUT2D eigenvalue weighted by atomic mass is 10.0. The van der Waals surface area contributed by atoms with Crippen LogP contribution < -0.4 is 11.1 Å². The van der Waals surface area contributed by atoms with E-state index in [0.717, 1.165) is 24.0 Å². The van der Waals surface area contributed by atoms with Crippen LogP contribution in [0, 0.1) is 0 Å².